The van der Waals surface area contributed by atoms with Gasteiger partial charge in [-0.05, 0) is 12.1 Å². The number of carbonyl (C=O) groups is 1. The van der Waals surface area contributed by atoms with Gasteiger partial charge in [0.2, 0.25) is 0 Å². The summed E-state index contributed by atoms with van der Waals surface area (Å²) in [7, 11) is 0. The van der Waals surface area contributed by atoms with Gasteiger partial charge in [0.15, 0.2) is 11.4 Å². The zero-order valence-corrected chi connectivity index (χ0v) is 10.0. The molecule has 2 rings (SSSR count). The van der Waals surface area contributed by atoms with Crippen molar-refractivity contribution in [2.45, 2.75) is 0 Å². The highest BCUT2D eigenvalue weighted by Crippen LogP contribution is 2.14. The molecule has 0 unspecified atom stereocenters. The Morgan fingerprint density at radius 3 is 3.00 bits per heavy atom. The van der Waals surface area contributed by atoms with E-state index < -0.39 is 5.97 Å². The van der Waals surface area contributed by atoms with Crippen molar-refractivity contribution in [2.24, 2.45) is 0 Å². The number of nitrogens with zero attached hydrogens (tertiary/aromatic N) is 2. The first-order valence-corrected chi connectivity index (χ1v) is 5.88. The summed E-state index contributed by atoms with van der Waals surface area (Å²) in [5.74, 6) is -0.754. The normalized spacial score (nSPS) is 16.4. The maximum Gasteiger partial charge on any atom is 0.358 e. The maximum atomic E-state index is 10.9. The molecule has 1 aliphatic heterocycles. The second-order valence-electron chi connectivity index (χ2n) is 3.96. The van der Waals surface area contributed by atoms with Gasteiger partial charge < -0.3 is 14.6 Å². The SMILES string of the molecule is O=C(O)c1ncccc1OCCN1CCOCC1. The van der Waals surface area contributed by atoms with Gasteiger partial charge in [-0.3, -0.25) is 4.90 Å². The third-order valence-electron chi connectivity index (χ3n) is 2.74. The Kier molecular flexibility index (Phi) is 4.49. The fraction of sp³-hybridized carbons (Fsp3) is 0.500. The molecule has 0 bridgehead atoms. The van der Waals surface area contributed by atoms with Crippen molar-refractivity contribution in [3.63, 3.8) is 0 Å². The summed E-state index contributed by atoms with van der Waals surface area (Å²) in [5.41, 5.74) is -0.0422. The average molecular weight is 252 g/mol. The Labute approximate surface area is 105 Å². The molecule has 2 heterocycles. The molecule has 1 fully saturated rings. The summed E-state index contributed by atoms with van der Waals surface area (Å²) in [6.07, 6.45) is 1.44. The summed E-state index contributed by atoms with van der Waals surface area (Å²) in [6, 6.07) is 3.28. The molecule has 1 N–H and O–H groups in total. The van der Waals surface area contributed by atoms with Crippen molar-refractivity contribution in [1.82, 2.24) is 9.88 Å². The smallest absolute Gasteiger partial charge is 0.358 e. The maximum absolute atomic E-state index is 10.9. The van der Waals surface area contributed by atoms with E-state index in [1.807, 2.05) is 0 Å². The van der Waals surface area contributed by atoms with Gasteiger partial charge in [0.05, 0.1) is 13.2 Å². The number of aromatic carboxylic acids is 1. The van der Waals surface area contributed by atoms with Gasteiger partial charge in [-0.25, -0.2) is 9.78 Å². The summed E-state index contributed by atoms with van der Waals surface area (Å²) in [4.78, 5) is 16.9. The van der Waals surface area contributed by atoms with E-state index >= 15 is 0 Å². The van der Waals surface area contributed by atoms with Crippen molar-refractivity contribution >= 4 is 5.97 Å². The van der Waals surface area contributed by atoms with E-state index in [-0.39, 0.29) is 5.69 Å². The van der Waals surface area contributed by atoms with Crippen LogP contribution in [0, 0.1) is 0 Å². The lowest BCUT2D eigenvalue weighted by Gasteiger charge is -2.26. The molecule has 1 saturated heterocycles. The molecule has 0 radical (unpaired) electrons. The Bertz CT molecular complexity index is 405. The fourth-order valence-corrected chi connectivity index (χ4v) is 1.78. The fourth-order valence-electron chi connectivity index (χ4n) is 1.78. The van der Waals surface area contributed by atoms with Crippen LogP contribution >= 0.6 is 0 Å². The first kappa shape index (κ1) is 12.8. The average Bonchev–Trinajstić information content (AvgIpc) is 2.40. The zero-order chi connectivity index (χ0) is 12.8. The van der Waals surface area contributed by atoms with Crippen LogP contribution in [0.15, 0.2) is 18.3 Å². The molecule has 1 aromatic rings. The number of aromatic nitrogens is 1. The summed E-state index contributed by atoms with van der Waals surface area (Å²) in [5, 5.41) is 8.94. The number of hydrogen-bond donors (Lipinski definition) is 1. The Morgan fingerprint density at radius 2 is 2.28 bits per heavy atom. The minimum Gasteiger partial charge on any atom is -0.490 e. The molecular weight excluding hydrogens is 236 g/mol. The van der Waals surface area contributed by atoms with Crippen molar-refractivity contribution < 1.29 is 19.4 Å². The molecular formula is C12H16N2O4. The van der Waals surface area contributed by atoms with Gasteiger partial charge in [-0.1, -0.05) is 0 Å². The van der Waals surface area contributed by atoms with Crippen LogP contribution in [0.4, 0.5) is 0 Å². The second-order valence-corrected chi connectivity index (χ2v) is 3.96. The van der Waals surface area contributed by atoms with E-state index in [2.05, 4.69) is 9.88 Å². The number of morpholine rings is 1. The predicted octanol–water partition coefficient (Wildman–Crippen LogP) is 0.491. The van der Waals surface area contributed by atoms with E-state index in [0.717, 1.165) is 32.8 Å². The molecule has 6 heteroatoms. The number of ether oxygens (including phenoxy) is 2. The number of carboxylic acid groups (broad SMARTS) is 1. The van der Waals surface area contributed by atoms with E-state index in [1.54, 1.807) is 12.1 Å². The van der Waals surface area contributed by atoms with Crippen LogP contribution < -0.4 is 4.74 Å². The topological polar surface area (TPSA) is 71.9 Å². The van der Waals surface area contributed by atoms with Crippen LogP contribution in [0.25, 0.3) is 0 Å². The number of rotatable bonds is 5. The standard InChI is InChI=1S/C12H16N2O4/c15-12(16)11-10(2-1-3-13-11)18-9-6-14-4-7-17-8-5-14/h1-3H,4-9H2,(H,15,16). The van der Waals surface area contributed by atoms with Gasteiger partial charge in [0, 0.05) is 25.8 Å². The van der Waals surface area contributed by atoms with E-state index in [0.29, 0.717) is 12.4 Å². The number of hydrogen-bond acceptors (Lipinski definition) is 5. The summed E-state index contributed by atoms with van der Waals surface area (Å²) < 4.78 is 10.7. The van der Waals surface area contributed by atoms with Crippen molar-refractivity contribution in [3.8, 4) is 5.75 Å². The third-order valence-corrected chi connectivity index (χ3v) is 2.74. The van der Waals surface area contributed by atoms with Crippen molar-refractivity contribution in [2.75, 3.05) is 39.5 Å². The van der Waals surface area contributed by atoms with Gasteiger partial charge in [-0.15, -0.1) is 0 Å². The van der Waals surface area contributed by atoms with Crippen LogP contribution in [-0.2, 0) is 4.74 Å². The molecule has 0 amide bonds. The molecule has 0 aromatic carbocycles. The van der Waals surface area contributed by atoms with Crippen LogP contribution in [-0.4, -0.2) is 60.4 Å². The highest BCUT2D eigenvalue weighted by Gasteiger charge is 2.13. The molecule has 0 spiro atoms. The summed E-state index contributed by atoms with van der Waals surface area (Å²) in [6.45, 7) is 4.48. The van der Waals surface area contributed by atoms with Crippen LogP contribution in [0.1, 0.15) is 10.5 Å². The lowest BCUT2D eigenvalue weighted by Crippen LogP contribution is -2.38. The highest BCUT2D eigenvalue weighted by atomic mass is 16.5. The van der Waals surface area contributed by atoms with E-state index in [9.17, 15) is 4.79 Å². The summed E-state index contributed by atoms with van der Waals surface area (Å²) >= 11 is 0. The minimum atomic E-state index is -1.07. The van der Waals surface area contributed by atoms with Crippen molar-refractivity contribution in [1.29, 1.82) is 0 Å². The monoisotopic (exact) mass is 252 g/mol. The van der Waals surface area contributed by atoms with Gasteiger partial charge >= 0.3 is 5.97 Å². The molecule has 18 heavy (non-hydrogen) atoms. The third kappa shape index (κ3) is 3.41. The lowest BCUT2D eigenvalue weighted by atomic mass is 10.3. The number of carboxylic acids is 1. The Morgan fingerprint density at radius 1 is 1.50 bits per heavy atom. The minimum absolute atomic E-state index is 0.0422. The van der Waals surface area contributed by atoms with Gasteiger partial charge in [0.1, 0.15) is 6.61 Å². The number of pyridine rings is 1. The molecule has 1 aromatic heterocycles. The van der Waals surface area contributed by atoms with Crippen LogP contribution in [0.3, 0.4) is 0 Å². The van der Waals surface area contributed by atoms with Gasteiger partial charge in [-0.2, -0.15) is 0 Å². The molecule has 0 saturated carbocycles. The predicted molar refractivity (Wildman–Crippen MR) is 64.0 cm³/mol. The Hall–Kier alpha value is -1.66. The first-order valence-electron chi connectivity index (χ1n) is 5.88. The quantitative estimate of drug-likeness (QED) is 0.822. The highest BCUT2D eigenvalue weighted by molar-refractivity contribution is 5.88. The first-order chi connectivity index (χ1) is 8.77. The molecule has 98 valence electrons. The molecule has 1 aliphatic rings. The zero-order valence-electron chi connectivity index (χ0n) is 10.0. The molecule has 0 atom stereocenters. The molecule has 6 nitrogen and oxygen atoms in total. The van der Waals surface area contributed by atoms with E-state index in [4.69, 9.17) is 14.6 Å². The van der Waals surface area contributed by atoms with Crippen molar-refractivity contribution in [3.05, 3.63) is 24.0 Å². The second kappa shape index (κ2) is 6.32. The van der Waals surface area contributed by atoms with Gasteiger partial charge in [0.25, 0.3) is 0 Å². The van der Waals surface area contributed by atoms with E-state index in [1.165, 1.54) is 6.20 Å². The lowest BCUT2D eigenvalue weighted by molar-refractivity contribution is 0.0321. The van der Waals surface area contributed by atoms with Crippen LogP contribution in [0.5, 0.6) is 5.75 Å². The largest absolute Gasteiger partial charge is 0.490 e. The Balaban J connectivity index is 1.84. The molecule has 0 aliphatic carbocycles. The van der Waals surface area contributed by atoms with Crippen LogP contribution in [0.2, 0.25) is 0 Å².